The molecule has 6 nitrogen and oxygen atoms in total. The minimum absolute atomic E-state index is 0.0624. The van der Waals surface area contributed by atoms with Crippen molar-refractivity contribution in [2.24, 2.45) is 0 Å². The van der Waals surface area contributed by atoms with Gasteiger partial charge in [0.05, 0.1) is 6.54 Å². The summed E-state index contributed by atoms with van der Waals surface area (Å²) >= 11 is 0. The standard InChI is InChI=1S/C15H10F2N2O4/c16-15(17)14(20)19(10-2-1-5-18-13(10)23-15)7-9-3-4-11-12(6-9)22-8-21-11/h1-6H,7-8H2. The Morgan fingerprint density at radius 2 is 2.04 bits per heavy atom. The molecule has 118 valence electrons. The lowest BCUT2D eigenvalue weighted by Gasteiger charge is -2.32. The Bertz CT molecular complexity index is 797. The fourth-order valence-electron chi connectivity index (χ4n) is 2.48. The molecule has 2 aliphatic rings. The second-order valence-corrected chi connectivity index (χ2v) is 5.03. The van der Waals surface area contributed by atoms with Crippen LogP contribution in [0.2, 0.25) is 0 Å². The van der Waals surface area contributed by atoms with Gasteiger partial charge < -0.3 is 14.2 Å². The van der Waals surface area contributed by atoms with Gasteiger partial charge >= 0.3 is 12.0 Å². The predicted molar refractivity (Wildman–Crippen MR) is 73.6 cm³/mol. The average Bonchev–Trinajstić information content (AvgIpc) is 2.99. The molecule has 0 bridgehead atoms. The van der Waals surface area contributed by atoms with Crippen LogP contribution in [-0.4, -0.2) is 23.8 Å². The predicted octanol–water partition coefficient (Wildman–Crippen LogP) is 2.33. The second kappa shape index (κ2) is 4.80. The van der Waals surface area contributed by atoms with Gasteiger partial charge in [-0.15, -0.1) is 0 Å². The number of carbonyl (C=O) groups excluding carboxylic acids is 1. The van der Waals surface area contributed by atoms with Gasteiger partial charge in [-0.05, 0) is 29.8 Å². The quantitative estimate of drug-likeness (QED) is 0.850. The van der Waals surface area contributed by atoms with Crippen molar-refractivity contribution in [3.63, 3.8) is 0 Å². The van der Waals surface area contributed by atoms with Crippen molar-refractivity contribution in [2.75, 3.05) is 11.7 Å². The second-order valence-electron chi connectivity index (χ2n) is 5.03. The number of rotatable bonds is 2. The SMILES string of the molecule is O=C1N(Cc2ccc3c(c2)OCO3)c2cccnc2OC1(F)F. The molecule has 0 saturated carbocycles. The van der Waals surface area contributed by atoms with Gasteiger partial charge in [0.25, 0.3) is 0 Å². The highest BCUT2D eigenvalue weighted by Gasteiger charge is 2.51. The lowest BCUT2D eigenvalue weighted by atomic mass is 10.1. The van der Waals surface area contributed by atoms with Crippen molar-refractivity contribution < 1.29 is 27.8 Å². The molecular weight excluding hydrogens is 310 g/mol. The molecule has 1 amide bonds. The van der Waals surface area contributed by atoms with E-state index in [1.54, 1.807) is 24.3 Å². The van der Waals surface area contributed by atoms with Gasteiger partial charge in [-0.1, -0.05) is 6.07 Å². The molecule has 0 aliphatic carbocycles. The first-order chi connectivity index (χ1) is 11.0. The van der Waals surface area contributed by atoms with Crippen molar-refractivity contribution in [1.29, 1.82) is 0 Å². The zero-order chi connectivity index (χ0) is 16.0. The van der Waals surface area contributed by atoms with E-state index in [4.69, 9.17) is 9.47 Å². The molecule has 0 saturated heterocycles. The third-order valence-electron chi connectivity index (χ3n) is 3.54. The molecule has 2 aliphatic heterocycles. The number of carbonyl (C=O) groups is 1. The highest BCUT2D eigenvalue weighted by Crippen LogP contribution is 2.39. The first-order valence-electron chi connectivity index (χ1n) is 6.77. The molecule has 0 unspecified atom stereocenters. The van der Waals surface area contributed by atoms with E-state index in [1.807, 2.05) is 0 Å². The molecule has 4 rings (SSSR count). The molecule has 0 fully saturated rings. The van der Waals surface area contributed by atoms with E-state index in [2.05, 4.69) is 9.72 Å². The maximum absolute atomic E-state index is 13.8. The van der Waals surface area contributed by atoms with Crippen molar-refractivity contribution in [2.45, 2.75) is 12.7 Å². The summed E-state index contributed by atoms with van der Waals surface area (Å²) in [6.07, 6.45) is -2.62. The molecule has 3 heterocycles. The van der Waals surface area contributed by atoms with E-state index in [0.29, 0.717) is 17.1 Å². The van der Waals surface area contributed by atoms with Gasteiger partial charge in [-0.2, -0.15) is 8.78 Å². The number of nitrogens with zero attached hydrogens (tertiary/aromatic N) is 2. The summed E-state index contributed by atoms with van der Waals surface area (Å²) in [5.74, 6) is -0.621. The molecule has 1 aromatic carbocycles. The Kier molecular flexibility index (Phi) is 2.87. The Hall–Kier alpha value is -2.90. The number of halogens is 2. The van der Waals surface area contributed by atoms with Crippen LogP contribution in [0.1, 0.15) is 5.56 Å². The van der Waals surface area contributed by atoms with Crippen molar-refractivity contribution >= 4 is 11.6 Å². The van der Waals surface area contributed by atoms with Crippen LogP contribution in [0.15, 0.2) is 36.5 Å². The van der Waals surface area contributed by atoms with Crippen LogP contribution in [0.4, 0.5) is 14.5 Å². The van der Waals surface area contributed by atoms with Crippen LogP contribution < -0.4 is 19.1 Å². The third-order valence-corrected chi connectivity index (χ3v) is 3.54. The summed E-state index contributed by atoms with van der Waals surface area (Å²) in [5, 5.41) is 0. The number of amides is 1. The molecule has 0 N–H and O–H groups in total. The summed E-state index contributed by atoms with van der Waals surface area (Å²) in [4.78, 5) is 16.7. The van der Waals surface area contributed by atoms with Crippen LogP contribution in [-0.2, 0) is 11.3 Å². The van der Waals surface area contributed by atoms with E-state index in [-0.39, 0.29) is 24.9 Å². The number of ether oxygens (including phenoxy) is 3. The number of pyridine rings is 1. The van der Waals surface area contributed by atoms with Crippen molar-refractivity contribution in [1.82, 2.24) is 4.98 Å². The number of hydrogen-bond acceptors (Lipinski definition) is 5. The van der Waals surface area contributed by atoms with E-state index in [1.165, 1.54) is 12.3 Å². The summed E-state index contributed by atoms with van der Waals surface area (Å²) < 4.78 is 42.4. The topological polar surface area (TPSA) is 60.9 Å². The first kappa shape index (κ1) is 13.7. The molecule has 8 heteroatoms. The number of fused-ring (bicyclic) bond motifs is 2. The largest absolute Gasteiger partial charge is 0.484 e. The lowest BCUT2D eigenvalue weighted by molar-refractivity contribution is -0.194. The van der Waals surface area contributed by atoms with E-state index in [0.717, 1.165) is 4.90 Å². The fourth-order valence-corrected chi connectivity index (χ4v) is 2.48. The smallest absolute Gasteiger partial charge is 0.454 e. The molecule has 0 atom stereocenters. The van der Waals surface area contributed by atoms with Gasteiger partial charge in [-0.25, -0.2) is 4.98 Å². The Morgan fingerprint density at radius 1 is 1.22 bits per heavy atom. The number of alkyl halides is 2. The maximum atomic E-state index is 13.8. The van der Waals surface area contributed by atoms with E-state index in [9.17, 15) is 13.6 Å². The summed E-state index contributed by atoms with van der Waals surface area (Å²) in [6, 6.07) is 8.06. The minimum Gasteiger partial charge on any atom is -0.454 e. The van der Waals surface area contributed by atoms with Crippen molar-refractivity contribution in [3.8, 4) is 17.4 Å². The zero-order valence-corrected chi connectivity index (χ0v) is 11.7. The number of benzene rings is 1. The minimum atomic E-state index is -3.95. The normalized spacial score (nSPS) is 17.7. The highest BCUT2D eigenvalue weighted by molar-refractivity contribution is 6.00. The number of hydrogen-bond donors (Lipinski definition) is 0. The molecule has 0 spiro atoms. The number of anilines is 1. The van der Waals surface area contributed by atoms with Crippen molar-refractivity contribution in [3.05, 3.63) is 42.1 Å². The van der Waals surface area contributed by atoms with Gasteiger partial charge in [0.15, 0.2) is 11.5 Å². The Labute approximate surface area is 129 Å². The summed E-state index contributed by atoms with van der Waals surface area (Å²) in [6.45, 7) is 0.0488. The van der Waals surface area contributed by atoms with Gasteiger partial charge in [0.2, 0.25) is 12.7 Å². The average molecular weight is 320 g/mol. The zero-order valence-electron chi connectivity index (χ0n) is 11.7. The molecule has 0 radical (unpaired) electrons. The fraction of sp³-hybridized carbons (Fsp3) is 0.200. The Morgan fingerprint density at radius 3 is 2.91 bits per heavy atom. The molecule has 1 aromatic heterocycles. The van der Waals surface area contributed by atoms with Crippen LogP contribution in [0.25, 0.3) is 0 Å². The monoisotopic (exact) mass is 320 g/mol. The van der Waals surface area contributed by atoms with Gasteiger partial charge in [0, 0.05) is 6.20 Å². The highest BCUT2D eigenvalue weighted by atomic mass is 19.3. The summed E-state index contributed by atoms with van der Waals surface area (Å²) in [7, 11) is 0. The van der Waals surface area contributed by atoms with Gasteiger partial charge in [0.1, 0.15) is 5.69 Å². The Balaban J connectivity index is 1.71. The van der Waals surface area contributed by atoms with E-state index < -0.39 is 12.0 Å². The summed E-state index contributed by atoms with van der Waals surface area (Å²) in [5.41, 5.74) is 0.816. The van der Waals surface area contributed by atoms with Crippen LogP contribution in [0, 0.1) is 0 Å². The molecule has 2 aromatic rings. The first-order valence-corrected chi connectivity index (χ1v) is 6.77. The van der Waals surface area contributed by atoms with Crippen LogP contribution >= 0.6 is 0 Å². The molecular formula is C15H10F2N2O4. The lowest BCUT2D eigenvalue weighted by Crippen LogP contribution is -2.50. The maximum Gasteiger partial charge on any atom is 0.484 e. The van der Waals surface area contributed by atoms with Gasteiger partial charge in [-0.3, -0.25) is 9.69 Å². The molecule has 23 heavy (non-hydrogen) atoms. The third kappa shape index (κ3) is 2.23. The van der Waals surface area contributed by atoms with Crippen LogP contribution in [0.5, 0.6) is 17.4 Å². The van der Waals surface area contributed by atoms with E-state index >= 15 is 0 Å². The number of aromatic nitrogens is 1. The van der Waals surface area contributed by atoms with Crippen LogP contribution in [0.3, 0.4) is 0 Å².